The molecule has 0 amide bonds. The maximum atomic E-state index is 2.48. The van der Waals surface area contributed by atoms with Crippen LogP contribution in [0.25, 0.3) is 65.7 Å². The third kappa shape index (κ3) is 5.40. The van der Waals surface area contributed by atoms with Gasteiger partial charge in [-0.3, -0.25) is 0 Å². The number of para-hydroxylation sites is 2. The fraction of sp³-hybridized carbons (Fsp3) is 0.0545. The molecule has 1 aliphatic rings. The van der Waals surface area contributed by atoms with Crippen LogP contribution in [-0.2, 0) is 0 Å². The second kappa shape index (κ2) is 13.5. The Morgan fingerprint density at radius 3 is 1.72 bits per heavy atom. The molecule has 0 bridgehead atoms. The first-order valence-electron chi connectivity index (χ1n) is 20.0. The lowest BCUT2D eigenvalue weighted by Crippen LogP contribution is -2.11. The maximum absolute atomic E-state index is 2.48. The molecule has 57 heavy (non-hydrogen) atoms. The Balaban J connectivity index is 1.20. The highest BCUT2D eigenvalue weighted by atomic mass is 15.1. The topological polar surface area (TPSA) is 8.17 Å². The third-order valence-corrected chi connectivity index (χ3v) is 12.0. The maximum Gasteiger partial charge on any atom is 0.0618 e. The van der Waals surface area contributed by atoms with E-state index in [0.29, 0.717) is 5.92 Å². The van der Waals surface area contributed by atoms with Gasteiger partial charge in [-0.25, -0.2) is 0 Å². The highest BCUT2D eigenvalue weighted by molar-refractivity contribution is 6.23. The molecule has 0 aliphatic heterocycles. The first-order chi connectivity index (χ1) is 28.2. The zero-order valence-corrected chi connectivity index (χ0v) is 31.8. The second-order valence-electron chi connectivity index (χ2n) is 15.3. The smallest absolute Gasteiger partial charge is 0.0618 e. The number of hydrogen-bond donors (Lipinski definition) is 0. The minimum Gasteiger partial charge on any atom is -0.309 e. The molecule has 0 N–H and O–H groups in total. The molecule has 0 saturated heterocycles. The van der Waals surface area contributed by atoms with Crippen molar-refractivity contribution in [2.75, 3.05) is 4.90 Å². The number of aromatic nitrogens is 1. The van der Waals surface area contributed by atoms with Crippen LogP contribution in [0.1, 0.15) is 36.0 Å². The molecule has 0 saturated carbocycles. The molecule has 9 aromatic carbocycles. The average Bonchev–Trinajstić information content (AvgIpc) is 3.60. The van der Waals surface area contributed by atoms with Crippen LogP contribution in [0, 0.1) is 0 Å². The van der Waals surface area contributed by atoms with Crippen molar-refractivity contribution in [2.24, 2.45) is 0 Å². The Morgan fingerprint density at radius 2 is 1.02 bits per heavy atom. The Labute approximate surface area is 333 Å². The van der Waals surface area contributed by atoms with E-state index >= 15 is 0 Å². The van der Waals surface area contributed by atoms with Gasteiger partial charge in [0.25, 0.3) is 0 Å². The standard InChI is InChI=1S/C55H40N2/c1-37-29-32-44(45-24-12-11-23-43(37)45)39-30-33-52-50(35-39)51-36-42(31-34-53(51)57(52)41-21-9-4-10-22-41)56(40-19-7-3-8-20-40)55-48-27-15-13-25-46(48)54(38-17-5-2-6-18-38)47-26-14-16-28-49(47)55/h2-28,30-37H,29H2,1H3. The lowest BCUT2D eigenvalue weighted by atomic mass is 9.81. The molecule has 2 nitrogen and oxygen atoms in total. The van der Waals surface area contributed by atoms with Gasteiger partial charge in [0.15, 0.2) is 0 Å². The van der Waals surface area contributed by atoms with E-state index in [1.807, 2.05) is 0 Å². The summed E-state index contributed by atoms with van der Waals surface area (Å²) in [4.78, 5) is 2.48. The van der Waals surface area contributed by atoms with Gasteiger partial charge in [-0.05, 0) is 111 Å². The number of benzene rings is 9. The molecular weight excluding hydrogens is 689 g/mol. The predicted molar refractivity (Wildman–Crippen MR) is 242 cm³/mol. The van der Waals surface area contributed by atoms with E-state index in [2.05, 4.69) is 223 Å². The normalized spacial score (nSPS) is 13.9. The predicted octanol–water partition coefficient (Wildman–Crippen LogP) is 15.2. The zero-order valence-electron chi connectivity index (χ0n) is 31.8. The van der Waals surface area contributed by atoms with Gasteiger partial charge in [0.1, 0.15) is 0 Å². The van der Waals surface area contributed by atoms with Gasteiger partial charge in [0.2, 0.25) is 0 Å². The fourth-order valence-corrected chi connectivity index (χ4v) is 9.40. The van der Waals surface area contributed by atoms with Gasteiger partial charge in [0, 0.05) is 38.6 Å². The number of allylic oxidation sites excluding steroid dienone is 1. The third-order valence-electron chi connectivity index (χ3n) is 12.0. The monoisotopic (exact) mass is 728 g/mol. The summed E-state index contributed by atoms with van der Waals surface area (Å²) in [5, 5.41) is 7.37. The molecule has 1 aromatic heterocycles. The van der Waals surface area contributed by atoms with Crippen molar-refractivity contribution in [3.63, 3.8) is 0 Å². The molecular formula is C55H40N2. The molecule has 0 fully saturated rings. The first kappa shape index (κ1) is 33.2. The molecule has 270 valence electrons. The Bertz CT molecular complexity index is 3100. The van der Waals surface area contributed by atoms with Gasteiger partial charge in [-0.2, -0.15) is 0 Å². The van der Waals surface area contributed by atoms with Crippen LogP contribution in [0.15, 0.2) is 206 Å². The van der Waals surface area contributed by atoms with E-state index in [0.717, 1.165) is 23.5 Å². The lowest BCUT2D eigenvalue weighted by molar-refractivity contribution is 0.768. The van der Waals surface area contributed by atoms with Crippen molar-refractivity contribution in [3.8, 4) is 16.8 Å². The minimum absolute atomic E-state index is 0.508. The van der Waals surface area contributed by atoms with Crippen LogP contribution in [0.3, 0.4) is 0 Å². The fourth-order valence-electron chi connectivity index (χ4n) is 9.40. The van der Waals surface area contributed by atoms with Crippen molar-refractivity contribution in [3.05, 3.63) is 223 Å². The second-order valence-corrected chi connectivity index (χ2v) is 15.3. The van der Waals surface area contributed by atoms with Gasteiger partial charge < -0.3 is 9.47 Å². The summed E-state index contributed by atoms with van der Waals surface area (Å²) < 4.78 is 2.43. The van der Waals surface area contributed by atoms with E-state index < -0.39 is 0 Å². The molecule has 2 heteroatoms. The van der Waals surface area contributed by atoms with Crippen LogP contribution in [0.5, 0.6) is 0 Å². The van der Waals surface area contributed by atoms with Crippen LogP contribution in [0.2, 0.25) is 0 Å². The van der Waals surface area contributed by atoms with E-state index in [-0.39, 0.29) is 0 Å². The van der Waals surface area contributed by atoms with Crippen molar-refractivity contribution in [1.82, 2.24) is 4.57 Å². The van der Waals surface area contributed by atoms with Crippen LogP contribution < -0.4 is 4.90 Å². The highest BCUT2D eigenvalue weighted by Gasteiger charge is 2.24. The first-order valence-corrected chi connectivity index (χ1v) is 20.0. The van der Waals surface area contributed by atoms with Gasteiger partial charge in [-0.1, -0.05) is 159 Å². The number of anilines is 3. The minimum atomic E-state index is 0.508. The number of rotatable bonds is 6. The molecule has 1 atom stereocenters. The molecule has 1 heterocycles. The molecule has 1 aliphatic carbocycles. The molecule has 1 unspecified atom stereocenters. The summed E-state index contributed by atoms with van der Waals surface area (Å²) in [7, 11) is 0. The SMILES string of the molecule is CC1CC=C(c2ccc3c(c2)c2cc(N(c4ccccc4)c4c5ccccc5c(-c5ccccc5)c5ccccc45)ccc2n3-c2ccccc2)c2ccccc21. The summed E-state index contributed by atoms with van der Waals surface area (Å²) in [6.07, 6.45) is 3.49. The summed E-state index contributed by atoms with van der Waals surface area (Å²) in [6, 6.07) is 73.4. The van der Waals surface area contributed by atoms with Crippen LogP contribution >= 0.6 is 0 Å². The summed E-state index contributed by atoms with van der Waals surface area (Å²) in [5.74, 6) is 0.508. The van der Waals surface area contributed by atoms with Crippen molar-refractivity contribution in [2.45, 2.75) is 19.3 Å². The van der Waals surface area contributed by atoms with Gasteiger partial charge in [-0.15, -0.1) is 0 Å². The molecule has 10 aromatic rings. The highest BCUT2D eigenvalue weighted by Crippen LogP contribution is 2.49. The Hall–Kier alpha value is -7.16. The number of nitrogens with zero attached hydrogens (tertiary/aromatic N) is 2. The van der Waals surface area contributed by atoms with E-state index in [1.165, 1.54) is 82.4 Å². The van der Waals surface area contributed by atoms with E-state index in [9.17, 15) is 0 Å². The molecule has 11 rings (SSSR count). The number of hydrogen-bond acceptors (Lipinski definition) is 1. The number of fused-ring (bicyclic) bond motifs is 6. The summed E-state index contributed by atoms with van der Waals surface area (Å²) in [5.41, 5.74) is 14.8. The summed E-state index contributed by atoms with van der Waals surface area (Å²) >= 11 is 0. The summed E-state index contributed by atoms with van der Waals surface area (Å²) in [6.45, 7) is 2.34. The zero-order chi connectivity index (χ0) is 37.9. The quantitative estimate of drug-likeness (QED) is 0.155. The molecule has 0 radical (unpaired) electrons. The Kier molecular flexibility index (Phi) is 7.89. The van der Waals surface area contributed by atoms with Gasteiger partial charge in [0.05, 0.1) is 16.7 Å². The Morgan fingerprint density at radius 1 is 0.456 bits per heavy atom. The lowest BCUT2D eigenvalue weighted by Gasteiger charge is -2.29. The van der Waals surface area contributed by atoms with Crippen LogP contribution in [-0.4, -0.2) is 4.57 Å². The van der Waals surface area contributed by atoms with Crippen molar-refractivity contribution < 1.29 is 0 Å². The van der Waals surface area contributed by atoms with Gasteiger partial charge >= 0.3 is 0 Å². The van der Waals surface area contributed by atoms with Crippen molar-refractivity contribution in [1.29, 1.82) is 0 Å². The largest absolute Gasteiger partial charge is 0.309 e. The van der Waals surface area contributed by atoms with Crippen LogP contribution in [0.4, 0.5) is 17.1 Å². The average molecular weight is 729 g/mol. The molecule has 0 spiro atoms. The van der Waals surface area contributed by atoms with E-state index in [4.69, 9.17) is 0 Å². The van der Waals surface area contributed by atoms with Crippen molar-refractivity contribution >= 4 is 66.0 Å². The van der Waals surface area contributed by atoms with E-state index in [1.54, 1.807) is 0 Å².